The molecule has 0 nitrogen and oxygen atoms in total. The molecule has 1 aliphatic carbocycles. The normalized spacial score (nSPS) is 13.8. The van der Waals surface area contributed by atoms with E-state index in [4.69, 9.17) is 0 Å². The van der Waals surface area contributed by atoms with Gasteiger partial charge in [-0.2, -0.15) is 0 Å². The van der Waals surface area contributed by atoms with E-state index in [2.05, 4.69) is 18.7 Å². The standard InChI is InChI=1S/C9H11.2FH.Zr/c1-2-3-6-9-7-4-5-8-9;;;/h2,4,7H,1,3,5-6H2;2*1H;/q;;;+2/p-2. The Kier molecular flexibility index (Phi) is 9.18. The van der Waals surface area contributed by atoms with E-state index in [9.17, 15) is 0 Å². The molecule has 12 heavy (non-hydrogen) atoms. The van der Waals surface area contributed by atoms with E-state index in [1.54, 1.807) is 33.6 Å². The summed E-state index contributed by atoms with van der Waals surface area (Å²) in [6, 6.07) is 0. The summed E-state index contributed by atoms with van der Waals surface area (Å²) in [6.45, 7) is 3.71. The van der Waals surface area contributed by atoms with E-state index in [1.807, 2.05) is 6.08 Å². The van der Waals surface area contributed by atoms with E-state index in [0.717, 1.165) is 6.42 Å². The first kappa shape index (κ1) is 14.5. The number of hydrogen-bond acceptors (Lipinski definition) is 0. The third kappa shape index (κ3) is 4.11. The van der Waals surface area contributed by atoms with Gasteiger partial charge in [0.15, 0.2) is 0 Å². The molecule has 0 aromatic heterocycles. The molecule has 0 unspecified atom stereocenters. The van der Waals surface area contributed by atoms with Crippen molar-refractivity contribution in [2.75, 3.05) is 0 Å². The first-order chi connectivity index (χ1) is 4.84. The third-order valence-electron chi connectivity index (χ3n) is 1.65. The molecule has 0 radical (unpaired) electrons. The second kappa shape index (κ2) is 7.60. The molecule has 1 rings (SSSR count). The maximum atomic E-state index is 3.71. The first-order valence-corrected chi connectivity index (χ1v) is 4.78. The smallest absolute Gasteiger partial charge is 1.00 e. The summed E-state index contributed by atoms with van der Waals surface area (Å²) in [5, 5.41) is 0. The molecule has 0 amide bonds. The van der Waals surface area contributed by atoms with E-state index in [0.29, 0.717) is 0 Å². The number of rotatable bonds is 3. The van der Waals surface area contributed by atoms with Crippen LogP contribution >= 0.6 is 0 Å². The van der Waals surface area contributed by atoms with E-state index in [-0.39, 0.29) is 9.41 Å². The molecule has 0 aromatic carbocycles. The van der Waals surface area contributed by atoms with Crippen LogP contribution in [0.2, 0.25) is 0 Å². The second-order valence-electron chi connectivity index (χ2n) is 2.44. The fraction of sp³-hybridized carbons (Fsp3) is 0.333. The maximum Gasteiger partial charge on any atom is -1.00 e. The molecule has 0 atom stereocenters. The zero-order valence-corrected chi connectivity index (χ0v) is 9.27. The van der Waals surface area contributed by atoms with Gasteiger partial charge in [0.1, 0.15) is 0 Å². The van der Waals surface area contributed by atoms with Gasteiger partial charge in [-0.1, -0.05) is 0 Å². The molecule has 1 aliphatic rings. The van der Waals surface area contributed by atoms with Crippen LogP contribution in [0.15, 0.2) is 33.7 Å². The molecule has 0 bridgehead atoms. The molecular formula is C9H11F2Zr. The number of allylic oxidation sites excluding steroid dienone is 5. The minimum absolute atomic E-state index is 0. The molecule has 0 aliphatic heterocycles. The molecule has 0 saturated heterocycles. The van der Waals surface area contributed by atoms with Gasteiger partial charge in [0.25, 0.3) is 0 Å². The van der Waals surface area contributed by atoms with Crippen LogP contribution in [0.3, 0.4) is 0 Å². The van der Waals surface area contributed by atoms with Crippen LogP contribution in [0.25, 0.3) is 0 Å². The van der Waals surface area contributed by atoms with E-state index >= 15 is 0 Å². The topological polar surface area (TPSA) is 0 Å². The van der Waals surface area contributed by atoms with Gasteiger partial charge in [0.05, 0.1) is 0 Å². The van der Waals surface area contributed by atoms with E-state index < -0.39 is 0 Å². The molecule has 0 spiro atoms. The SMILES string of the molecule is C=CCCC1=[C]([Zr+2])CC=C1.[F-].[F-]. The van der Waals surface area contributed by atoms with Crippen molar-refractivity contribution < 1.29 is 34.1 Å². The number of halogens is 2. The maximum absolute atomic E-state index is 3.71. The van der Waals surface area contributed by atoms with Crippen LogP contribution in [-0.2, 0) is 24.7 Å². The van der Waals surface area contributed by atoms with Crippen molar-refractivity contribution in [3.8, 4) is 0 Å². The first-order valence-electron chi connectivity index (χ1n) is 3.55. The fourth-order valence-corrected chi connectivity index (χ4v) is 1.84. The zero-order chi connectivity index (χ0) is 7.40. The molecule has 0 heterocycles. The summed E-state index contributed by atoms with van der Waals surface area (Å²) in [6.07, 6.45) is 10.0. The van der Waals surface area contributed by atoms with Gasteiger partial charge in [0.2, 0.25) is 0 Å². The van der Waals surface area contributed by atoms with Crippen molar-refractivity contribution >= 4 is 0 Å². The Morgan fingerprint density at radius 3 is 2.58 bits per heavy atom. The van der Waals surface area contributed by atoms with E-state index in [1.165, 1.54) is 12.8 Å². The van der Waals surface area contributed by atoms with Gasteiger partial charge < -0.3 is 9.41 Å². The summed E-state index contributed by atoms with van der Waals surface area (Å²) >= 11 is 1.58. The van der Waals surface area contributed by atoms with Crippen LogP contribution in [0.5, 0.6) is 0 Å². The van der Waals surface area contributed by atoms with Gasteiger partial charge in [0, 0.05) is 0 Å². The monoisotopic (exact) mass is 247 g/mol. The Morgan fingerprint density at radius 1 is 1.50 bits per heavy atom. The average Bonchev–Trinajstić information content (AvgIpc) is 2.31. The van der Waals surface area contributed by atoms with Gasteiger partial charge in [-0.25, -0.2) is 0 Å². The van der Waals surface area contributed by atoms with Gasteiger partial charge in [-0.15, -0.1) is 0 Å². The Morgan fingerprint density at radius 2 is 2.17 bits per heavy atom. The molecule has 65 valence electrons. The summed E-state index contributed by atoms with van der Waals surface area (Å²) in [7, 11) is 0. The summed E-state index contributed by atoms with van der Waals surface area (Å²) < 4.78 is 1.62. The van der Waals surface area contributed by atoms with Crippen LogP contribution in [-0.4, -0.2) is 0 Å². The van der Waals surface area contributed by atoms with Gasteiger partial charge >= 0.3 is 77.6 Å². The molecule has 0 aromatic rings. The molecular weight excluding hydrogens is 237 g/mol. The molecule has 0 saturated carbocycles. The van der Waals surface area contributed by atoms with Gasteiger partial charge in [-0.05, 0) is 0 Å². The van der Waals surface area contributed by atoms with Crippen molar-refractivity contribution in [2.45, 2.75) is 19.3 Å². The van der Waals surface area contributed by atoms with Crippen LogP contribution in [0.4, 0.5) is 0 Å². The van der Waals surface area contributed by atoms with Crippen molar-refractivity contribution in [3.05, 3.63) is 33.7 Å². The van der Waals surface area contributed by atoms with Crippen molar-refractivity contribution in [3.63, 3.8) is 0 Å². The molecule has 0 N–H and O–H groups in total. The average molecular weight is 248 g/mol. The van der Waals surface area contributed by atoms with Crippen LogP contribution < -0.4 is 9.41 Å². The van der Waals surface area contributed by atoms with Crippen LogP contribution in [0, 0.1) is 0 Å². The quantitative estimate of drug-likeness (QED) is 0.460. The van der Waals surface area contributed by atoms with Crippen molar-refractivity contribution in [1.29, 1.82) is 0 Å². The Balaban J connectivity index is 0. The van der Waals surface area contributed by atoms with Crippen LogP contribution in [0.1, 0.15) is 19.3 Å². The zero-order valence-electron chi connectivity index (χ0n) is 6.82. The third-order valence-corrected chi connectivity index (χ3v) is 2.94. The summed E-state index contributed by atoms with van der Waals surface area (Å²) in [5.74, 6) is 0. The molecule has 3 heteroatoms. The largest absolute Gasteiger partial charge is 1.00 e. The predicted molar refractivity (Wildman–Crippen MR) is 40.2 cm³/mol. The summed E-state index contributed by atoms with van der Waals surface area (Å²) in [4.78, 5) is 0. The summed E-state index contributed by atoms with van der Waals surface area (Å²) in [5.41, 5.74) is 1.55. The Labute approximate surface area is 87.0 Å². The minimum atomic E-state index is 0. The minimum Gasteiger partial charge on any atom is -1.00 e. The molecule has 0 fully saturated rings. The second-order valence-corrected chi connectivity index (χ2v) is 3.92. The Bertz CT molecular complexity index is 195. The Hall–Kier alpha value is -0.0369. The van der Waals surface area contributed by atoms with Crippen molar-refractivity contribution in [1.82, 2.24) is 0 Å². The predicted octanol–water partition coefficient (Wildman–Crippen LogP) is -3.28. The number of hydrogen-bond donors (Lipinski definition) is 0. The fourth-order valence-electron chi connectivity index (χ4n) is 1.04. The van der Waals surface area contributed by atoms with Gasteiger partial charge in [-0.3, -0.25) is 0 Å². The van der Waals surface area contributed by atoms with Crippen molar-refractivity contribution in [2.24, 2.45) is 0 Å².